The van der Waals surface area contributed by atoms with Gasteiger partial charge in [-0.25, -0.2) is 0 Å². The maximum Gasteiger partial charge on any atom is 0.259 e. The van der Waals surface area contributed by atoms with Gasteiger partial charge in [-0.1, -0.05) is 29.3 Å². The lowest BCUT2D eigenvalue weighted by molar-refractivity contribution is -0.115. The Hall–Kier alpha value is -2.44. The Labute approximate surface area is 155 Å². The minimum Gasteiger partial charge on any atom is -0.496 e. The molecule has 2 rings (SSSR count). The lowest BCUT2D eigenvalue weighted by atomic mass is 10.1. The monoisotopic (exact) mass is 382 g/mol. The van der Waals surface area contributed by atoms with E-state index in [4.69, 9.17) is 32.7 Å². The highest BCUT2D eigenvalue weighted by Crippen LogP contribution is 2.28. The van der Waals surface area contributed by atoms with Gasteiger partial charge in [0.05, 0.1) is 31.5 Å². The number of nitrogens with one attached hydrogen (secondary N) is 2. The van der Waals surface area contributed by atoms with Crippen molar-refractivity contribution in [2.45, 2.75) is 0 Å². The van der Waals surface area contributed by atoms with Gasteiger partial charge in [-0.15, -0.1) is 0 Å². The second-order valence-corrected chi connectivity index (χ2v) is 5.74. The van der Waals surface area contributed by atoms with Gasteiger partial charge in [0.2, 0.25) is 5.91 Å². The molecule has 0 saturated carbocycles. The largest absolute Gasteiger partial charge is 0.496 e. The minimum atomic E-state index is -0.494. The Kier molecular flexibility index (Phi) is 6.50. The molecule has 2 aromatic rings. The summed E-state index contributed by atoms with van der Waals surface area (Å²) in [5, 5.41) is 5.88. The van der Waals surface area contributed by atoms with Crippen LogP contribution in [0.25, 0.3) is 0 Å². The fourth-order valence-corrected chi connectivity index (χ4v) is 2.56. The maximum atomic E-state index is 12.4. The zero-order chi connectivity index (χ0) is 18.4. The molecule has 8 heteroatoms. The maximum absolute atomic E-state index is 12.4. The summed E-state index contributed by atoms with van der Waals surface area (Å²) in [4.78, 5) is 24.4. The molecule has 6 nitrogen and oxygen atoms in total. The molecule has 0 radical (unpaired) electrons. The highest BCUT2D eigenvalue weighted by Gasteiger charge is 2.18. The van der Waals surface area contributed by atoms with Crippen molar-refractivity contribution in [3.63, 3.8) is 0 Å². The number of rotatable bonds is 6. The zero-order valence-electron chi connectivity index (χ0n) is 13.6. The van der Waals surface area contributed by atoms with Crippen LogP contribution in [-0.2, 0) is 4.79 Å². The van der Waals surface area contributed by atoms with Crippen LogP contribution in [0.1, 0.15) is 10.4 Å². The number of halogens is 2. The zero-order valence-corrected chi connectivity index (χ0v) is 15.1. The van der Waals surface area contributed by atoms with Crippen LogP contribution < -0.4 is 20.1 Å². The summed E-state index contributed by atoms with van der Waals surface area (Å²) < 4.78 is 10.3. The summed E-state index contributed by atoms with van der Waals surface area (Å²) in [6.45, 7) is -0.251. The van der Waals surface area contributed by atoms with Gasteiger partial charge in [0.1, 0.15) is 17.1 Å². The van der Waals surface area contributed by atoms with Crippen molar-refractivity contribution in [2.24, 2.45) is 0 Å². The van der Waals surface area contributed by atoms with Crippen LogP contribution in [0.4, 0.5) is 5.69 Å². The first kappa shape index (κ1) is 18.9. The molecule has 2 amide bonds. The van der Waals surface area contributed by atoms with Crippen molar-refractivity contribution >= 4 is 40.7 Å². The van der Waals surface area contributed by atoms with Crippen molar-refractivity contribution in [2.75, 3.05) is 26.1 Å². The lowest BCUT2D eigenvalue weighted by Gasteiger charge is -2.13. The van der Waals surface area contributed by atoms with E-state index >= 15 is 0 Å². The molecule has 132 valence electrons. The van der Waals surface area contributed by atoms with E-state index in [2.05, 4.69) is 10.6 Å². The molecule has 0 spiro atoms. The normalized spacial score (nSPS) is 10.1. The smallest absolute Gasteiger partial charge is 0.259 e. The Morgan fingerprint density at radius 2 is 1.68 bits per heavy atom. The number of benzene rings is 2. The molecule has 2 N–H and O–H groups in total. The first-order valence-corrected chi connectivity index (χ1v) is 7.96. The third kappa shape index (κ3) is 4.78. The van der Waals surface area contributed by atoms with Crippen LogP contribution in [0.3, 0.4) is 0 Å². The van der Waals surface area contributed by atoms with Crippen LogP contribution in [0, 0.1) is 0 Å². The third-order valence-electron chi connectivity index (χ3n) is 3.27. The first-order valence-electron chi connectivity index (χ1n) is 7.20. The Balaban J connectivity index is 2.04. The van der Waals surface area contributed by atoms with E-state index in [1.54, 1.807) is 30.3 Å². The summed E-state index contributed by atoms with van der Waals surface area (Å²) in [6, 6.07) is 9.64. The highest BCUT2D eigenvalue weighted by atomic mass is 35.5. The van der Waals surface area contributed by atoms with E-state index in [0.717, 1.165) is 0 Å². The molecular weight excluding hydrogens is 367 g/mol. The van der Waals surface area contributed by atoms with Crippen LogP contribution in [0.2, 0.25) is 10.0 Å². The number of carbonyl (C=O) groups is 2. The van der Waals surface area contributed by atoms with E-state index in [-0.39, 0.29) is 12.1 Å². The standard InChI is InChI=1S/C17H16Cl2N2O4/c1-24-13-4-3-5-14(25-2)16(13)17(23)20-9-15(22)21-12-7-6-10(18)8-11(12)19/h3-8H,9H2,1-2H3,(H,20,23)(H,21,22). The second kappa shape index (κ2) is 8.60. The molecule has 0 aromatic heterocycles. The van der Waals surface area contributed by atoms with Crippen molar-refractivity contribution < 1.29 is 19.1 Å². The fraction of sp³-hybridized carbons (Fsp3) is 0.176. The predicted octanol–water partition coefficient (Wildman–Crippen LogP) is 3.38. The summed E-state index contributed by atoms with van der Waals surface area (Å²) in [5.41, 5.74) is 0.616. The summed E-state index contributed by atoms with van der Waals surface area (Å²) in [5.74, 6) is -0.242. The SMILES string of the molecule is COc1cccc(OC)c1C(=O)NCC(=O)Nc1ccc(Cl)cc1Cl. The highest BCUT2D eigenvalue weighted by molar-refractivity contribution is 6.36. The molecule has 0 aliphatic rings. The molecule has 0 bridgehead atoms. The Morgan fingerprint density at radius 1 is 1.04 bits per heavy atom. The average Bonchev–Trinajstić information content (AvgIpc) is 2.61. The summed E-state index contributed by atoms with van der Waals surface area (Å²) in [7, 11) is 2.89. The molecule has 0 aliphatic carbocycles. The Morgan fingerprint density at radius 3 is 2.24 bits per heavy atom. The third-order valence-corrected chi connectivity index (χ3v) is 3.82. The van der Waals surface area contributed by atoms with E-state index in [0.29, 0.717) is 27.2 Å². The van der Waals surface area contributed by atoms with E-state index in [9.17, 15) is 9.59 Å². The molecule has 0 fully saturated rings. The average molecular weight is 383 g/mol. The van der Waals surface area contributed by atoms with E-state index < -0.39 is 11.8 Å². The van der Waals surface area contributed by atoms with Crippen molar-refractivity contribution in [1.29, 1.82) is 0 Å². The molecule has 0 heterocycles. The second-order valence-electron chi connectivity index (χ2n) is 4.89. The first-order chi connectivity index (χ1) is 12.0. The van der Waals surface area contributed by atoms with E-state index in [1.165, 1.54) is 20.3 Å². The van der Waals surface area contributed by atoms with Crippen molar-refractivity contribution in [1.82, 2.24) is 5.32 Å². The summed E-state index contributed by atoms with van der Waals surface area (Å²) in [6.07, 6.45) is 0. The summed E-state index contributed by atoms with van der Waals surface area (Å²) >= 11 is 11.8. The van der Waals surface area contributed by atoms with Crippen LogP contribution in [-0.4, -0.2) is 32.6 Å². The Bertz CT molecular complexity index is 774. The number of ether oxygens (including phenoxy) is 2. The molecule has 0 atom stereocenters. The van der Waals surface area contributed by atoms with Gasteiger partial charge in [-0.2, -0.15) is 0 Å². The topological polar surface area (TPSA) is 76.7 Å². The molecule has 25 heavy (non-hydrogen) atoms. The van der Waals surface area contributed by atoms with Crippen LogP contribution in [0.15, 0.2) is 36.4 Å². The fourth-order valence-electron chi connectivity index (χ4n) is 2.11. The number of methoxy groups -OCH3 is 2. The number of hydrogen-bond acceptors (Lipinski definition) is 4. The van der Waals surface area contributed by atoms with Crippen molar-refractivity contribution in [3.05, 3.63) is 52.0 Å². The minimum absolute atomic E-state index is 0.213. The van der Waals surface area contributed by atoms with Gasteiger partial charge in [0.25, 0.3) is 5.91 Å². The molecular formula is C17H16Cl2N2O4. The number of anilines is 1. The van der Waals surface area contributed by atoms with E-state index in [1.807, 2.05) is 0 Å². The number of hydrogen-bond donors (Lipinski definition) is 2. The molecule has 0 unspecified atom stereocenters. The van der Waals surface area contributed by atoms with Gasteiger partial charge in [-0.05, 0) is 30.3 Å². The lowest BCUT2D eigenvalue weighted by Crippen LogP contribution is -2.33. The molecule has 0 saturated heterocycles. The van der Waals surface area contributed by atoms with Crippen LogP contribution in [0.5, 0.6) is 11.5 Å². The van der Waals surface area contributed by atoms with Gasteiger partial charge in [-0.3, -0.25) is 9.59 Å². The van der Waals surface area contributed by atoms with Gasteiger partial charge in [0.15, 0.2) is 0 Å². The van der Waals surface area contributed by atoms with Crippen molar-refractivity contribution in [3.8, 4) is 11.5 Å². The van der Waals surface area contributed by atoms with Gasteiger partial charge in [0, 0.05) is 5.02 Å². The van der Waals surface area contributed by atoms with Crippen LogP contribution >= 0.6 is 23.2 Å². The molecule has 0 aliphatic heterocycles. The molecule has 2 aromatic carbocycles. The predicted molar refractivity (Wildman–Crippen MR) is 97.0 cm³/mol. The van der Waals surface area contributed by atoms with Gasteiger partial charge < -0.3 is 20.1 Å². The van der Waals surface area contributed by atoms with Gasteiger partial charge >= 0.3 is 0 Å². The number of carbonyl (C=O) groups excluding carboxylic acids is 2. The number of amides is 2. The quantitative estimate of drug-likeness (QED) is 0.802.